The number of aromatic nitrogens is 3. The van der Waals surface area contributed by atoms with E-state index in [1.165, 1.54) is 0 Å². The van der Waals surface area contributed by atoms with Gasteiger partial charge < -0.3 is 14.2 Å². The van der Waals surface area contributed by atoms with Crippen molar-refractivity contribution in [2.75, 3.05) is 19.7 Å². The number of hydrogen-bond donors (Lipinski definition) is 0. The second-order valence-corrected chi connectivity index (χ2v) is 7.59. The number of ether oxygens (including phenoxy) is 1. The van der Waals surface area contributed by atoms with Crippen molar-refractivity contribution in [3.05, 3.63) is 59.8 Å². The summed E-state index contributed by atoms with van der Waals surface area (Å²) < 4.78 is 10.9. The molecule has 7 heteroatoms. The number of carbonyl (C=O) groups is 1. The Morgan fingerprint density at radius 3 is 2.87 bits per heavy atom. The van der Waals surface area contributed by atoms with Gasteiger partial charge in [-0.15, -0.1) is 0 Å². The summed E-state index contributed by atoms with van der Waals surface area (Å²) >= 11 is 0. The van der Waals surface area contributed by atoms with Crippen molar-refractivity contribution < 1.29 is 14.1 Å². The molecule has 0 N–H and O–H groups in total. The highest BCUT2D eigenvalue weighted by Gasteiger charge is 2.28. The maximum Gasteiger partial charge on any atom is 0.227 e. The smallest absolute Gasteiger partial charge is 0.227 e. The highest BCUT2D eigenvalue weighted by Crippen LogP contribution is 2.33. The summed E-state index contributed by atoms with van der Waals surface area (Å²) in [6, 6.07) is 9.63. The second kappa shape index (κ2) is 9.07. The Hall–Kier alpha value is -3.22. The van der Waals surface area contributed by atoms with Crippen LogP contribution < -0.4 is 4.74 Å². The van der Waals surface area contributed by atoms with Crippen molar-refractivity contribution in [2.45, 2.75) is 39.0 Å². The summed E-state index contributed by atoms with van der Waals surface area (Å²) in [5.41, 5.74) is 3.57. The van der Waals surface area contributed by atoms with Gasteiger partial charge in [0.05, 0.1) is 30.0 Å². The SMILES string of the molecule is CCOc1ccc(CC(=O)N2CCC[C@@H](c3ncncc3-c3cc(C)no3)C2)cc1. The van der Waals surface area contributed by atoms with Crippen LogP contribution in [-0.4, -0.2) is 45.6 Å². The zero-order valence-electron chi connectivity index (χ0n) is 17.4. The molecule has 30 heavy (non-hydrogen) atoms. The fourth-order valence-corrected chi connectivity index (χ4v) is 3.93. The van der Waals surface area contributed by atoms with Gasteiger partial charge in [0.2, 0.25) is 5.91 Å². The molecule has 1 amide bonds. The molecule has 1 aliphatic heterocycles. The monoisotopic (exact) mass is 406 g/mol. The zero-order chi connectivity index (χ0) is 20.9. The van der Waals surface area contributed by atoms with E-state index in [9.17, 15) is 4.79 Å². The van der Waals surface area contributed by atoms with Crippen LogP contribution in [0.5, 0.6) is 5.75 Å². The lowest BCUT2D eigenvalue weighted by molar-refractivity contribution is -0.131. The van der Waals surface area contributed by atoms with Gasteiger partial charge in [-0.05, 0) is 44.4 Å². The summed E-state index contributed by atoms with van der Waals surface area (Å²) in [4.78, 5) is 23.6. The maximum absolute atomic E-state index is 12.9. The number of aryl methyl sites for hydroxylation is 1. The highest BCUT2D eigenvalue weighted by atomic mass is 16.5. The van der Waals surface area contributed by atoms with E-state index < -0.39 is 0 Å². The predicted molar refractivity (Wildman–Crippen MR) is 112 cm³/mol. The molecule has 156 valence electrons. The molecule has 0 saturated carbocycles. The van der Waals surface area contributed by atoms with E-state index in [1.54, 1.807) is 12.5 Å². The standard InChI is InChI=1S/C23H26N4O3/c1-3-29-19-8-6-17(7-9-19)12-22(28)27-10-4-5-18(14-27)23-20(13-24-15-25-23)21-11-16(2)26-30-21/h6-9,11,13,15,18H,3-5,10,12,14H2,1-2H3/t18-/m1/s1. The quantitative estimate of drug-likeness (QED) is 0.620. The molecule has 1 aliphatic rings. The third-order valence-corrected chi connectivity index (χ3v) is 5.39. The molecular weight excluding hydrogens is 380 g/mol. The molecule has 1 fully saturated rings. The van der Waals surface area contributed by atoms with E-state index in [0.29, 0.717) is 25.3 Å². The van der Waals surface area contributed by atoms with Crippen LogP contribution in [0, 0.1) is 6.92 Å². The average molecular weight is 406 g/mol. The van der Waals surface area contributed by atoms with Gasteiger partial charge >= 0.3 is 0 Å². The lowest BCUT2D eigenvalue weighted by atomic mass is 9.91. The summed E-state index contributed by atoms with van der Waals surface area (Å²) in [5.74, 6) is 1.77. The zero-order valence-corrected chi connectivity index (χ0v) is 17.4. The first kappa shape index (κ1) is 20.1. The third kappa shape index (κ3) is 4.50. The van der Waals surface area contributed by atoms with E-state index in [2.05, 4.69) is 15.1 Å². The average Bonchev–Trinajstić information content (AvgIpc) is 3.21. The molecular formula is C23H26N4O3. The topological polar surface area (TPSA) is 81.4 Å². The molecule has 0 radical (unpaired) electrons. The number of benzene rings is 1. The molecule has 1 atom stereocenters. The van der Waals surface area contributed by atoms with Gasteiger partial charge in [-0.3, -0.25) is 4.79 Å². The van der Waals surface area contributed by atoms with E-state index >= 15 is 0 Å². The Labute approximate surface area is 176 Å². The Kier molecular flexibility index (Phi) is 6.07. The van der Waals surface area contributed by atoms with Crippen molar-refractivity contribution in [3.8, 4) is 17.1 Å². The van der Waals surface area contributed by atoms with Crippen LogP contribution in [-0.2, 0) is 11.2 Å². The molecule has 1 aromatic carbocycles. The molecule has 0 spiro atoms. The predicted octanol–water partition coefficient (Wildman–Crippen LogP) is 3.79. The second-order valence-electron chi connectivity index (χ2n) is 7.59. The number of likely N-dealkylation sites (tertiary alicyclic amines) is 1. The highest BCUT2D eigenvalue weighted by molar-refractivity contribution is 5.79. The van der Waals surface area contributed by atoms with Gasteiger partial charge in [-0.1, -0.05) is 17.3 Å². The van der Waals surface area contributed by atoms with Crippen molar-refractivity contribution >= 4 is 5.91 Å². The first-order chi connectivity index (χ1) is 14.6. The minimum atomic E-state index is 0.134. The van der Waals surface area contributed by atoms with E-state index in [1.807, 2.05) is 49.1 Å². The molecule has 1 saturated heterocycles. The molecule has 4 rings (SSSR count). The fourth-order valence-electron chi connectivity index (χ4n) is 3.93. The van der Waals surface area contributed by atoms with Gasteiger partial charge in [-0.2, -0.15) is 0 Å². The summed E-state index contributed by atoms with van der Waals surface area (Å²) in [7, 11) is 0. The van der Waals surface area contributed by atoms with Gasteiger partial charge in [0, 0.05) is 31.3 Å². The fraction of sp³-hybridized carbons (Fsp3) is 0.391. The van der Waals surface area contributed by atoms with Crippen LogP contribution >= 0.6 is 0 Å². The molecule has 2 aromatic heterocycles. The van der Waals surface area contributed by atoms with Crippen LogP contribution in [0.4, 0.5) is 0 Å². The molecule has 3 aromatic rings. The Morgan fingerprint density at radius 1 is 1.30 bits per heavy atom. The summed E-state index contributed by atoms with van der Waals surface area (Å²) in [6.45, 7) is 5.89. The Bertz CT molecular complexity index is 1000. The summed E-state index contributed by atoms with van der Waals surface area (Å²) in [5, 5.41) is 3.98. The maximum atomic E-state index is 12.9. The van der Waals surface area contributed by atoms with Crippen LogP contribution in [0.1, 0.15) is 42.6 Å². The van der Waals surface area contributed by atoms with E-state index in [0.717, 1.165) is 47.7 Å². The molecule has 3 heterocycles. The van der Waals surface area contributed by atoms with E-state index in [-0.39, 0.29) is 11.8 Å². The minimum absolute atomic E-state index is 0.134. The number of rotatable bonds is 6. The number of amides is 1. The molecule has 0 unspecified atom stereocenters. The van der Waals surface area contributed by atoms with Crippen molar-refractivity contribution in [3.63, 3.8) is 0 Å². The lowest BCUT2D eigenvalue weighted by Gasteiger charge is -2.33. The minimum Gasteiger partial charge on any atom is -0.494 e. The van der Waals surface area contributed by atoms with Crippen molar-refractivity contribution in [1.82, 2.24) is 20.0 Å². The molecule has 7 nitrogen and oxygen atoms in total. The largest absolute Gasteiger partial charge is 0.494 e. The third-order valence-electron chi connectivity index (χ3n) is 5.39. The number of hydrogen-bond acceptors (Lipinski definition) is 6. The van der Waals surface area contributed by atoms with Gasteiger partial charge in [-0.25, -0.2) is 9.97 Å². The number of nitrogens with zero attached hydrogens (tertiary/aromatic N) is 4. The van der Waals surface area contributed by atoms with Crippen molar-refractivity contribution in [1.29, 1.82) is 0 Å². The van der Waals surface area contributed by atoms with Crippen LogP contribution in [0.2, 0.25) is 0 Å². The first-order valence-electron chi connectivity index (χ1n) is 10.4. The van der Waals surface area contributed by atoms with Gasteiger partial charge in [0.25, 0.3) is 0 Å². The van der Waals surface area contributed by atoms with Crippen LogP contribution in [0.25, 0.3) is 11.3 Å². The summed E-state index contributed by atoms with van der Waals surface area (Å²) in [6.07, 6.45) is 5.63. The van der Waals surface area contributed by atoms with E-state index in [4.69, 9.17) is 9.26 Å². The molecule has 0 aliphatic carbocycles. The Balaban J connectivity index is 1.46. The van der Waals surface area contributed by atoms with Gasteiger partial charge in [0.1, 0.15) is 12.1 Å². The number of piperidine rings is 1. The normalized spacial score (nSPS) is 16.5. The Morgan fingerprint density at radius 2 is 2.13 bits per heavy atom. The number of carbonyl (C=O) groups excluding carboxylic acids is 1. The lowest BCUT2D eigenvalue weighted by Crippen LogP contribution is -2.40. The van der Waals surface area contributed by atoms with Crippen molar-refractivity contribution in [2.24, 2.45) is 0 Å². The van der Waals surface area contributed by atoms with Crippen LogP contribution in [0.3, 0.4) is 0 Å². The van der Waals surface area contributed by atoms with Crippen LogP contribution in [0.15, 0.2) is 47.4 Å². The van der Waals surface area contributed by atoms with Gasteiger partial charge in [0.15, 0.2) is 5.76 Å². The first-order valence-corrected chi connectivity index (χ1v) is 10.4. The molecule has 0 bridgehead atoms.